The van der Waals surface area contributed by atoms with Crippen molar-refractivity contribution in [1.29, 1.82) is 0 Å². The van der Waals surface area contributed by atoms with Gasteiger partial charge < -0.3 is 15.9 Å². The summed E-state index contributed by atoms with van der Waals surface area (Å²) in [4.78, 5) is 11.1. The molecule has 0 bridgehead atoms. The Bertz CT molecular complexity index is 623. The van der Waals surface area contributed by atoms with E-state index < -0.39 is 5.97 Å². The number of fused-ring (bicyclic) bond motifs is 5. The van der Waals surface area contributed by atoms with E-state index in [9.17, 15) is 9.90 Å². The first kappa shape index (κ1) is 20.7. The first-order valence-corrected chi connectivity index (χ1v) is 11.8. The van der Waals surface area contributed by atoms with Crippen molar-refractivity contribution in [3.63, 3.8) is 0 Å². The van der Waals surface area contributed by atoms with Crippen LogP contribution in [0.4, 0.5) is 0 Å². The second-order valence-corrected chi connectivity index (χ2v) is 11.5. The zero-order valence-corrected chi connectivity index (χ0v) is 18.1. The highest BCUT2D eigenvalue weighted by Crippen LogP contribution is 2.68. The molecule has 0 radical (unpaired) electrons. The standard InChI is InChI=1S/C24H41NO3/c1-15(4-7-21(27)28)24(25)13-10-20-18-6-5-16-14-17(26)8-11-22(16,2)19(18)9-12-23(20,24)3/h15-20,26H,4-14,25H2,1-3H3,(H,27,28)/t15-,16-,17?,18?,19?,20?,22+,23+,24+/m1/s1. The van der Waals surface area contributed by atoms with Gasteiger partial charge in [0.2, 0.25) is 0 Å². The van der Waals surface area contributed by atoms with Crippen molar-refractivity contribution in [3.8, 4) is 0 Å². The predicted octanol–water partition coefficient (Wildman–Crippen LogP) is 4.59. The Kier molecular flexibility index (Phi) is 5.14. The molecule has 4 N–H and O–H groups in total. The molecule has 4 fully saturated rings. The summed E-state index contributed by atoms with van der Waals surface area (Å²) in [6.07, 6.45) is 11.3. The quantitative estimate of drug-likeness (QED) is 0.654. The van der Waals surface area contributed by atoms with Crippen LogP contribution in [0.3, 0.4) is 0 Å². The van der Waals surface area contributed by atoms with Crippen molar-refractivity contribution in [2.75, 3.05) is 0 Å². The average molecular weight is 392 g/mol. The lowest BCUT2D eigenvalue weighted by molar-refractivity contribution is -0.138. The summed E-state index contributed by atoms with van der Waals surface area (Å²) in [6.45, 7) is 7.17. The third kappa shape index (κ3) is 2.88. The smallest absolute Gasteiger partial charge is 0.303 e. The first-order valence-electron chi connectivity index (χ1n) is 11.8. The van der Waals surface area contributed by atoms with E-state index in [2.05, 4.69) is 20.8 Å². The van der Waals surface area contributed by atoms with Crippen LogP contribution in [-0.4, -0.2) is 27.8 Å². The molecule has 4 nitrogen and oxygen atoms in total. The number of carboxylic acid groups (broad SMARTS) is 1. The molecule has 0 aromatic heterocycles. The molecule has 0 spiro atoms. The molecule has 4 saturated carbocycles. The molecule has 4 aliphatic carbocycles. The number of carboxylic acids is 1. The number of carbonyl (C=O) groups is 1. The van der Waals surface area contributed by atoms with E-state index in [1.165, 1.54) is 38.5 Å². The van der Waals surface area contributed by atoms with Crippen LogP contribution in [0.1, 0.15) is 91.4 Å². The third-order valence-corrected chi connectivity index (χ3v) is 10.6. The van der Waals surface area contributed by atoms with E-state index in [0.29, 0.717) is 23.7 Å². The summed E-state index contributed by atoms with van der Waals surface area (Å²) in [6, 6.07) is 0. The van der Waals surface area contributed by atoms with E-state index in [1.54, 1.807) is 0 Å². The van der Waals surface area contributed by atoms with Crippen molar-refractivity contribution in [1.82, 2.24) is 0 Å². The third-order valence-electron chi connectivity index (χ3n) is 10.6. The zero-order chi connectivity index (χ0) is 20.3. The van der Waals surface area contributed by atoms with Crippen LogP contribution in [0.25, 0.3) is 0 Å². The van der Waals surface area contributed by atoms with Gasteiger partial charge in [-0.2, -0.15) is 0 Å². The largest absolute Gasteiger partial charge is 0.481 e. The van der Waals surface area contributed by atoms with E-state index >= 15 is 0 Å². The molecule has 0 saturated heterocycles. The molecule has 0 aliphatic heterocycles. The van der Waals surface area contributed by atoms with Gasteiger partial charge in [-0.3, -0.25) is 4.79 Å². The highest BCUT2D eigenvalue weighted by atomic mass is 16.4. The monoisotopic (exact) mass is 391 g/mol. The van der Waals surface area contributed by atoms with Gasteiger partial charge in [-0.15, -0.1) is 0 Å². The molecular formula is C24H41NO3. The molecule has 160 valence electrons. The number of nitrogens with two attached hydrogens (primary N) is 1. The van der Waals surface area contributed by atoms with Gasteiger partial charge >= 0.3 is 5.97 Å². The molecule has 9 atom stereocenters. The lowest BCUT2D eigenvalue weighted by Crippen LogP contribution is -2.61. The Labute approximate surface area is 170 Å². The van der Waals surface area contributed by atoms with Gasteiger partial charge in [0.1, 0.15) is 0 Å². The summed E-state index contributed by atoms with van der Waals surface area (Å²) < 4.78 is 0. The van der Waals surface area contributed by atoms with E-state index in [1.807, 2.05) is 0 Å². The fraction of sp³-hybridized carbons (Fsp3) is 0.958. The lowest BCUT2D eigenvalue weighted by Gasteiger charge is -2.62. The number of hydrogen-bond donors (Lipinski definition) is 3. The van der Waals surface area contributed by atoms with Gasteiger partial charge in [0.25, 0.3) is 0 Å². The van der Waals surface area contributed by atoms with Crippen molar-refractivity contribution in [2.45, 2.75) is 103 Å². The summed E-state index contributed by atoms with van der Waals surface area (Å²) in [7, 11) is 0. The number of hydrogen-bond acceptors (Lipinski definition) is 3. The Hall–Kier alpha value is -0.610. The fourth-order valence-electron chi connectivity index (χ4n) is 8.75. The maximum atomic E-state index is 11.1. The Morgan fingerprint density at radius 1 is 1.07 bits per heavy atom. The maximum absolute atomic E-state index is 11.1. The molecule has 0 aromatic rings. The minimum atomic E-state index is -0.704. The van der Waals surface area contributed by atoms with Gasteiger partial charge in [0, 0.05) is 12.0 Å². The van der Waals surface area contributed by atoms with Crippen LogP contribution in [0.5, 0.6) is 0 Å². The average Bonchev–Trinajstić information content (AvgIpc) is 2.92. The highest BCUT2D eigenvalue weighted by molar-refractivity contribution is 5.66. The van der Waals surface area contributed by atoms with Crippen LogP contribution >= 0.6 is 0 Å². The lowest BCUT2D eigenvalue weighted by atomic mass is 9.43. The fourth-order valence-corrected chi connectivity index (χ4v) is 8.75. The summed E-state index contributed by atoms with van der Waals surface area (Å²) >= 11 is 0. The zero-order valence-electron chi connectivity index (χ0n) is 18.1. The van der Waals surface area contributed by atoms with Gasteiger partial charge in [0.05, 0.1) is 6.10 Å². The van der Waals surface area contributed by atoms with Crippen LogP contribution in [-0.2, 0) is 4.79 Å². The topological polar surface area (TPSA) is 83.5 Å². The minimum Gasteiger partial charge on any atom is -0.481 e. The van der Waals surface area contributed by atoms with Crippen LogP contribution in [0.2, 0.25) is 0 Å². The van der Waals surface area contributed by atoms with Crippen molar-refractivity contribution < 1.29 is 15.0 Å². The van der Waals surface area contributed by atoms with Crippen molar-refractivity contribution in [3.05, 3.63) is 0 Å². The number of aliphatic hydroxyl groups is 1. The Balaban J connectivity index is 1.56. The van der Waals surface area contributed by atoms with E-state index in [-0.39, 0.29) is 29.4 Å². The summed E-state index contributed by atoms with van der Waals surface area (Å²) in [5, 5.41) is 19.3. The number of aliphatic carboxylic acids is 1. The van der Waals surface area contributed by atoms with Crippen molar-refractivity contribution in [2.24, 2.45) is 46.2 Å². The van der Waals surface area contributed by atoms with Crippen LogP contribution in [0, 0.1) is 40.4 Å². The predicted molar refractivity (Wildman–Crippen MR) is 111 cm³/mol. The van der Waals surface area contributed by atoms with Gasteiger partial charge in [-0.1, -0.05) is 20.8 Å². The first-order chi connectivity index (χ1) is 13.1. The molecule has 4 unspecified atom stereocenters. The van der Waals surface area contributed by atoms with Crippen LogP contribution < -0.4 is 5.73 Å². The molecule has 4 rings (SSSR count). The van der Waals surface area contributed by atoms with Gasteiger partial charge in [0.15, 0.2) is 0 Å². The molecule has 4 heteroatoms. The number of rotatable bonds is 4. The summed E-state index contributed by atoms with van der Waals surface area (Å²) in [5.41, 5.74) is 7.48. The minimum absolute atomic E-state index is 0.0817. The van der Waals surface area contributed by atoms with Crippen LogP contribution in [0.15, 0.2) is 0 Å². The molecular weight excluding hydrogens is 350 g/mol. The molecule has 0 heterocycles. The molecule has 0 aromatic carbocycles. The maximum Gasteiger partial charge on any atom is 0.303 e. The Morgan fingerprint density at radius 2 is 1.79 bits per heavy atom. The second kappa shape index (κ2) is 6.97. The van der Waals surface area contributed by atoms with E-state index in [4.69, 9.17) is 10.8 Å². The van der Waals surface area contributed by atoms with E-state index in [0.717, 1.165) is 31.1 Å². The SMILES string of the molecule is C[C@H](CCC(=O)O)[C@@]1(N)CCC2C3CC[C@@H]4CC(O)CC[C@]4(C)C3CC[C@@]21C. The highest BCUT2D eigenvalue weighted by Gasteiger charge is 2.64. The normalized spacial score (nSPS) is 51.7. The molecule has 0 amide bonds. The number of aliphatic hydroxyl groups excluding tert-OH is 1. The second-order valence-electron chi connectivity index (χ2n) is 11.5. The Morgan fingerprint density at radius 3 is 2.50 bits per heavy atom. The van der Waals surface area contributed by atoms with Crippen molar-refractivity contribution >= 4 is 5.97 Å². The molecule has 28 heavy (non-hydrogen) atoms. The van der Waals surface area contributed by atoms with Gasteiger partial charge in [-0.25, -0.2) is 0 Å². The summed E-state index contributed by atoms with van der Waals surface area (Å²) in [5.74, 6) is 2.49. The molecule has 4 aliphatic rings. The van der Waals surface area contributed by atoms with Gasteiger partial charge in [-0.05, 0) is 105 Å².